The average molecular weight is 548 g/mol. The number of esters is 1. The highest BCUT2D eigenvalue weighted by atomic mass is 16.5. The van der Waals surface area contributed by atoms with E-state index in [0.29, 0.717) is 5.56 Å². The van der Waals surface area contributed by atoms with Crippen LogP contribution in [0.3, 0.4) is 0 Å². The normalized spacial score (nSPS) is 11.5. The molecule has 0 N–H and O–H groups in total. The van der Waals surface area contributed by atoms with Gasteiger partial charge in [-0.3, -0.25) is 19.3 Å². The molecule has 4 rings (SSSR count). The van der Waals surface area contributed by atoms with E-state index in [4.69, 9.17) is 4.74 Å². The summed E-state index contributed by atoms with van der Waals surface area (Å²) >= 11 is 0. The molecule has 0 aliphatic rings. The summed E-state index contributed by atoms with van der Waals surface area (Å²) in [7, 11) is 0. The Morgan fingerprint density at radius 2 is 1.05 bits per heavy atom. The molecule has 4 aromatic rings. The number of Topliss-reactive ketones (excluding diaryl/α,β-unsaturated/α-hetero) is 1. The first-order valence-corrected chi connectivity index (χ1v) is 13.6. The molecule has 0 bridgehead atoms. The number of amides is 2. The molecule has 0 fully saturated rings. The van der Waals surface area contributed by atoms with Crippen LogP contribution in [0.4, 0.5) is 0 Å². The van der Waals surface area contributed by atoms with Crippen LogP contribution in [0.5, 0.6) is 0 Å². The highest BCUT2D eigenvalue weighted by molar-refractivity contribution is 6.02. The number of rotatable bonds is 11. The zero-order valence-electron chi connectivity index (χ0n) is 23.2. The van der Waals surface area contributed by atoms with Crippen LogP contribution in [0.2, 0.25) is 0 Å². The second kappa shape index (κ2) is 14.0. The summed E-state index contributed by atoms with van der Waals surface area (Å²) in [6, 6.07) is 33.8. The van der Waals surface area contributed by atoms with Crippen LogP contribution < -0.4 is 0 Å². The van der Waals surface area contributed by atoms with E-state index in [1.165, 1.54) is 0 Å². The minimum Gasteiger partial charge on any atom is -0.456 e. The van der Waals surface area contributed by atoms with Crippen LogP contribution >= 0.6 is 0 Å². The Morgan fingerprint density at radius 1 is 0.610 bits per heavy atom. The molecule has 208 valence electrons. The van der Waals surface area contributed by atoms with Crippen molar-refractivity contribution >= 4 is 23.6 Å². The van der Waals surface area contributed by atoms with E-state index < -0.39 is 36.4 Å². The van der Waals surface area contributed by atoms with E-state index in [1.807, 2.05) is 78.9 Å². The van der Waals surface area contributed by atoms with E-state index in [-0.39, 0.29) is 18.6 Å². The molecule has 1 unspecified atom stereocenters. The average Bonchev–Trinajstić information content (AvgIpc) is 2.99. The largest absolute Gasteiger partial charge is 0.456 e. The Kier molecular flexibility index (Phi) is 9.94. The number of ether oxygens (including phenoxy) is 1. The number of ketones is 1. The molecule has 0 heterocycles. The van der Waals surface area contributed by atoms with Crippen molar-refractivity contribution in [2.75, 3.05) is 6.61 Å². The fourth-order valence-electron chi connectivity index (χ4n) is 4.62. The lowest BCUT2D eigenvalue weighted by atomic mass is 9.99. The smallest absolute Gasteiger partial charge is 0.330 e. The van der Waals surface area contributed by atoms with Gasteiger partial charge in [-0.2, -0.15) is 0 Å². The van der Waals surface area contributed by atoms with Gasteiger partial charge in [0.1, 0.15) is 6.04 Å². The van der Waals surface area contributed by atoms with Crippen molar-refractivity contribution in [3.05, 3.63) is 132 Å². The molecular weight excluding hydrogens is 514 g/mol. The molecule has 1 atom stereocenters. The fourth-order valence-corrected chi connectivity index (χ4v) is 4.62. The highest BCUT2D eigenvalue weighted by Crippen LogP contribution is 2.21. The van der Waals surface area contributed by atoms with Crippen molar-refractivity contribution in [3.8, 4) is 11.1 Å². The zero-order valence-corrected chi connectivity index (χ0v) is 23.2. The Bertz CT molecular complexity index is 1410. The second-order valence-corrected chi connectivity index (χ2v) is 10.1. The number of carbonyl (C=O) groups excluding carboxylic acids is 4. The van der Waals surface area contributed by atoms with Gasteiger partial charge in [0.05, 0.1) is 12.8 Å². The molecule has 2 amide bonds. The molecule has 0 saturated carbocycles. The van der Waals surface area contributed by atoms with Gasteiger partial charge in [0, 0.05) is 5.56 Å². The van der Waals surface area contributed by atoms with Gasteiger partial charge in [-0.05, 0) is 28.2 Å². The van der Waals surface area contributed by atoms with Crippen molar-refractivity contribution in [1.82, 2.24) is 4.90 Å². The van der Waals surface area contributed by atoms with Crippen molar-refractivity contribution in [2.24, 2.45) is 5.92 Å². The minimum absolute atomic E-state index is 0.0510. The first kappa shape index (κ1) is 29.2. The van der Waals surface area contributed by atoms with Gasteiger partial charge in [0.15, 0.2) is 12.4 Å². The number of carbonyl (C=O) groups is 4. The molecule has 0 aliphatic carbocycles. The maximum atomic E-state index is 13.5. The summed E-state index contributed by atoms with van der Waals surface area (Å²) < 4.78 is 5.44. The van der Waals surface area contributed by atoms with Crippen LogP contribution in [0.1, 0.15) is 35.3 Å². The monoisotopic (exact) mass is 547 g/mol. The molecule has 0 radical (unpaired) electrons. The summed E-state index contributed by atoms with van der Waals surface area (Å²) in [6.07, 6.45) is -0.102. The first-order valence-electron chi connectivity index (χ1n) is 13.6. The number of hydrogen-bond acceptors (Lipinski definition) is 5. The van der Waals surface area contributed by atoms with E-state index >= 15 is 0 Å². The van der Waals surface area contributed by atoms with Crippen molar-refractivity contribution < 1.29 is 23.9 Å². The van der Waals surface area contributed by atoms with Crippen LogP contribution in [0.15, 0.2) is 115 Å². The molecule has 41 heavy (non-hydrogen) atoms. The van der Waals surface area contributed by atoms with Crippen molar-refractivity contribution in [3.63, 3.8) is 0 Å². The summed E-state index contributed by atoms with van der Waals surface area (Å²) in [5.41, 5.74) is 3.83. The molecule has 0 spiro atoms. The molecule has 6 nitrogen and oxygen atoms in total. The Balaban J connectivity index is 1.50. The molecule has 6 heteroatoms. The van der Waals surface area contributed by atoms with Gasteiger partial charge in [-0.25, -0.2) is 4.79 Å². The van der Waals surface area contributed by atoms with Crippen LogP contribution in [-0.2, 0) is 32.0 Å². The van der Waals surface area contributed by atoms with E-state index in [1.54, 1.807) is 50.2 Å². The molecule has 0 aliphatic heterocycles. The molecule has 0 saturated heterocycles. The summed E-state index contributed by atoms with van der Waals surface area (Å²) in [5.74, 6) is -2.62. The van der Waals surface area contributed by atoms with E-state index in [0.717, 1.165) is 27.2 Å². The van der Waals surface area contributed by atoms with Crippen molar-refractivity contribution in [1.29, 1.82) is 0 Å². The van der Waals surface area contributed by atoms with Gasteiger partial charge >= 0.3 is 5.97 Å². The summed E-state index contributed by atoms with van der Waals surface area (Å²) in [4.78, 5) is 54.4. The fraction of sp³-hybridized carbons (Fsp3) is 0.200. The van der Waals surface area contributed by atoms with E-state index in [2.05, 4.69) is 0 Å². The standard InChI is InChI=1S/C35H33NO5/c1-25(2)34(35(40)41-24-31(37)30-20-18-29(19-21-30)28-16-10-5-11-17-28)36(32(38)22-26-12-6-3-7-13-26)33(39)23-27-14-8-4-9-15-27/h3-21,25,34H,22-24H2,1-2H3. The third-order valence-corrected chi connectivity index (χ3v) is 6.74. The van der Waals surface area contributed by atoms with Gasteiger partial charge in [-0.15, -0.1) is 0 Å². The number of imide groups is 1. The van der Waals surface area contributed by atoms with Gasteiger partial charge in [-0.1, -0.05) is 129 Å². The van der Waals surface area contributed by atoms with Crippen LogP contribution in [-0.4, -0.2) is 41.1 Å². The number of nitrogens with zero attached hydrogens (tertiary/aromatic N) is 1. The quantitative estimate of drug-likeness (QED) is 0.171. The lowest BCUT2D eigenvalue weighted by Gasteiger charge is -2.31. The Morgan fingerprint density at radius 3 is 1.51 bits per heavy atom. The Labute approximate surface area is 240 Å². The maximum absolute atomic E-state index is 13.5. The Hall–Kier alpha value is -4.84. The van der Waals surface area contributed by atoms with Gasteiger partial charge < -0.3 is 4.74 Å². The van der Waals surface area contributed by atoms with Crippen LogP contribution in [0.25, 0.3) is 11.1 Å². The molecular formula is C35H33NO5. The van der Waals surface area contributed by atoms with E-state index in [9.17, 15) is 19.2 Å². The maximum Gasteiger partial charge on any atom is 0.330 e. The molecule has 4 aromatic carbocycles. The highest BCUT2D eigenvalue weighted by Gasteiger charge is 2.38. The summed E-state index contributed by atoms with van der Waals surface area (Å²) in [6.45, 7) is 2.99. The zero-order chi connectivity index (χ0) is 29.2. The van der Waals surface area contributed by atoms with Gasteiger partial charge in [0.2, 0.25) is 11.8 Å². The topological polar surface area (TPSA) is 80.8 Å². The first-order chi connectivity index (χ1) is 19.8. The van der Waals surface area contributed by atoms with Crippen molar-refractivity contribution in [2.45, 2.75) is 32.7 Å². The summed E-state index contributed by atoms with van der Waals surface area (Å²) in [5, 5.41) is 0. The van der Waals surface area contributed by atoms with Gasteiger partial charge in [0.25, 0.3) is 0 Å². The predicted molar refractivity (Wildman–Crippen MR) is 158 cm³/mol. The lowest BCUT2D eigenvalue weighted by molar-refractivity contribution is -0.162. The lowest BCUT2D eigenvalue weighted by Crippen LogP contribution is -2.53. The predicted octanol–water partition coefficient (Wildman–Crippen LogP) is 5.94. The second-order valence-electron chi connectivity index (χ2n) is 10.1. The minimum atomic E-state index is -1.18. The number of benzene rings is 4. The third-order valence-electron chi connectivity index (χ3n) is 6.74. The van der Waals surface area contributed by atoms with Crippen LogP contribution in [0, 0.1) is 5.92 Å². The SMILES string of the molecule is CC(C)C(C(=O)OCC(=O)c1ccc(-c2ccccc2)cc1)N(C(=O)Cc1ccccc1)C(=O)Cc1ccccc1. The third kappa shape index (κ3) is 7.85. The molecule has 0 aromatic heterocycles. The number of hydrogen-bond donors (Lipinski definition) is 0.